The third-order valence-corrected chi connectivity index (χ3v) is 4.26. The monoisotopic (exact) mass is 351 g/mol. The Labute approximate surface area is 152 Å². The summed E-state index contributed by atoms with van der Waals surface area (Å²) in [6.45, 7) is 4.14. The fourth-order valence-electron chi connectivity index (χ4n) is 2.76. The molecule has 0 bridgehead atoms. The number of hydrogen-bond acceptors (Lipinski definition) is 4. The quantitative estimate of drug-likeness (QED) is 0.720. The molecule has 1 heterocycles. The second-order valence-corrected chi connectivity index (χ2v) is 6.05. The molecule has 0 saturated heterocycles. The molecule has 0 unspecified atom stereocenters. The Bertz CT molecular complexity index is 926. The summed E-state index contributed by atoms with van der Waals surface area (Å²) in [4.78, 5) is 11.2. The second kappa shape index (κ2) is 7.35. The molecule has 0 aliphatic carbocycles. The highest BCUT2D eigenvalue weighted by molar-refractivity contribution is 5.90. The maximum absolute atomic E-state index is 11.2. The number of methoxy groups -OCH3 is 1. The number of carbonyl (C=O) groups is 1. The summed E-state index contributed by atoms with van der Waals surface area (Å²) in [5, 5.41) is 0. The molecule has 0 aliphatic heterocycles. The molecule has 26 heavy (non-hydrogen) atoms. The second-order valence-electron chi connectivity index (χ2n) is 6.05. The fourth-order valence-corrected chi connectivity index (χ4v) is 2.76. The van der Waals surface area contributed by atoms with Gasteiger partial charge < -0.3 is 19.6 Å². The predicted molar refractivity (Wildman–Crippen MR) is 99.5 cm³/mol. The summed E-state index contributed by atoms with van der Waals surface area (Å²) < 4.78 is 16.3. The van der Waals surface area contributed by atoms with Crippen LogP contribution in [-0.4, -0.2) is 13.0 Å². The summed E-state index contributed by atoms with van der Waals surface area (Å²) in [6, 6.07) is 15.5. The highest BCUT2D eigenvalue weighted by Crippen LogP contribution is 2.28. The van der Waals surface area contributed by atoms with E-state index in [1.54, 1.807) is 20.1 Å². The Hall–Kier alpha value is -3.21. The number of carbonyl (C=O) groups excluding carboxylic acids is 1. The molecule has 0 saturated carbocycles. The van der Waals surface area contributed by atoms with Gasteiger partial charge in [-0.2, -0.15) is 0 Å². The van der Waals surface area contributed by atoms with E-state index in [2.05, 4.69) is 6.92 Å². The third kappa shape index (κ3) is 3.72. The lowest BCUT2D eigenvalue weighted by Gasteiger charge is -2.10. The third-order valence-electron chi connectivity index (χ3n) is 4.26. The Morgan fingerprint density at radius 3 is 2.31 bits per heavy atom. The average Bonchev–Trinajstić information content (AvgIpc) is 3.01. The smallest absolute Gasteiger partial charge is 0.284 e. The molecule has 1 amide bonds. The molecule has 0 aliphatic rings. The van der Waals surface area contributed by atoms with Crippen LogP contribution in [-0.2, 0) is 6.61 Å². The first-order chi connectivity index (χ1) is 12.5. The SMILES string of the molecule is COc1ccc(-c2ccc(OCc3cc(C(N)=O)oc3C)cc2)c(C)c1. The van der Waals surface area contributed by atoms with E-state index < -0.39 is 5.91 Å². The number of amides is 1. The molecule has 0 atom stereocenters. The molecular formula is C21H21NO4. The van der Waals surface area contributed by atoms with Crippen molar-refractivity contribution in [2.75, 3.05) is 7.11 Å². The number of rotatable bonds is 6. The Morgan fingerprint density at radius 2 is 1.73 bits per heavy atom. The molecule has 1 aromatic heterocycles. The van der Waals surface area contributed by atoms with E-state index in [4.69, 9.17) is 19.6 Å². The molecule has 2 N–H and O–H groups in total. The first kappa shape index (κ1) is 17.6. The van der Waals surface area contributed by atoms with Crippen LogP contribution in [0.25, 0.3) is 11.1 Å². The molecule has 3 aromatic rings. The van der Waals surface area contributed by atoms with E-state index in [1.165, 1.54) is 0 Å². The molecule has 0 fully saturated rings. The number of ether oxygens (including phenoxy) is 2. The zero-order chi connectivity index (χ0) is 18.7. The number of hydrogen-bond donors (Lipinski definition) is 1. The van der Waals surface area contributed by atoms with E-state index in [-0.39, 0.29) is 5.76 Å². The van der Waals surface area contributed by atoms with Gasteiger partial charge in [-0.05, 0) is 60.9 Å². The summed E-state index contributed by atoms with van der Waals surface area (Å²) in [5.74, 6) is 1.77. The largest absolute Gasteiger partial charge is 0.497 e. The van der Waals surface area contributed by atoms with Crippen LogP contribution in [0.15, 0.2) is 52.9 Å². The van der Waals surface area contributed by atoms with Gasteiger partial charge in [0, 0.05) is 5.56 Å². The van der Waals surface area contributed by atoms with Crippen LogP contribution in [0.2, 0.25) is 0 Å². The van der Waals surface area contributed by atoms with E-state index in [1.807, 2.05) is 42.5 Å². The van der Waals surface area contributed by atoms with Crippen molar-refractivity contribution in [3.8, 4) is 22.6 Å². The molecule has 0 radical (unpaired) electrons. The van der Waals surface area contributed by atoms with Crippen molar-refractivity contribution in [2.24, 2.45) is 5.73 Å². The van der Waals surface area contributed by atoms with Gasteiger partial charge in [0.2, 0.25) is 0 Å². The van der Waals surface area contributed by atoms with Gasteiger partial charge in [-0.25, -0.2) is 0 Å². The molecule has 3 rings (SSSR count). The van der Waals surface area contributed by atoms with E-state index >= 15 is 0 Å². The maximum atomic E-state index is 11.2. The van der Waals surface area contributed by atoms with E-state index in [9.17, 15) is 4.79 Å². The summed E-state index contributed by atoms with van der Waals surface area (Å²) in [7, 11) is 1.66. The lowest BCUT2D eigenvalue weighted by Crippen LogP contribution is -2.09. The Morgan fingerprint density at radius 1 is 1.04 bits per heavy atom. The highest BCUT2D eigenvalue weighted by atomic mass is 16.5. The standard InChI is InChI=1S/C21H21NO4/c1-13-10-18(24-3)8-9-19(13)15-4-6-17(7-5-15)25-12-16-11-20(21(22)23)26-14(16)2/h4-11H,12H2,1-3H3,(H2,22,23). The van der Waals surface area contributed by atoms with Gasteiger partial charge in [0.15, 0.2) is 5.76 Å². The molecule has 2 aromatic carbocycles. The minimum Gasteiger partial charge on any atom is -0.497 e. The number of nitrogens with two attached hydrogens (primary N) is 1. The number of furan rings is 1. The van der Waals surface area contributed by atoms with Crippen molar-refractivity contribution in [1.29, 1.82) is 0 Å². The van der Waals surface area contributed by atoms with Gasteiger partial charge in [-0.15, -0.1) is 0 Å². The van der Waals surface area contributed by atoms with Crippen LogP contribution in [0.1, 0.15) is 27.4 Å². The summed E-state index contributed by atoms with van der Waals surface area (Å²) in [6.07, 6.45) is 0. The Kier molecular flexibility index (Phi) is 4.98. The first-order valence-corrected chi connectivity index (χ1v) is 8.25. The van der Waals surface area contributed by atoms with Gasteiger partial charge in [0.25, 0.3) is 5.91 Å². The predicted octanol–water partition coefficient (Wildman–Crippen LogP) is 4.25. The first-order valence-electron chi connectivity index (χ1n) is 8.25. The summed E-state index contributed by atoms with van der Waals surface area (Å²) >= 11 is 0. The fraction of sp³-hybridized carbons (Fsp3) is 0.190. The molecule has 5 heteroatoms. The number of primary amides is 1. The van der Waals surface area contributed by atoms with Gasteiger partial charge in [-0.3, -0.25) is 4.79 Å². The van der Waals surface area contributed by atoms with Crippen molar-refractivity contribution in [3.05, 3.63) is 71.2 Å². The van der Waals surface area contributed by atoms with Crippen LogP contribution in [0, 0.1) is 13.8 Å². The normalized spacial score (nSPS) is 10.6. The zero-order valence-corrected chi connectivity index (χ0v) is 15.0. The number of benzene rings is 2. The van der Waals surface area contributed by atoms with Crippen molar-refractivity contribution < 1.29 is 18.7 Å². The Balaban J connectivity index is 1.71. The number of aryl methyl sites for hydroxylation is 2. The highest BCUT2D eigenvalue weighted by Gasteiger charge is 2.12. The topological polar surface area (TPSA) is 74.7 Å². The lowest BCUT2D eigenvalue weighted by atomic mass is 10.0. The minimum atomic E-state index is -0.585. The zero-order valence-electron chi connectivity index (χ0n) is 15.0. The van der Waals surface area contributed by atoms with Crippen molar-refractivity contribution in [1.82, 2.24) is 0 Å². The van der Waals surface area contributed by atoms with Crippen LogP contribution >= 0.6 is 0 Å². The van der Waals surface area contributed by atoms with Gasteiger partial charge >= 0.3 is 0 Å². The van der Waals surface area contributed by atoms with Crippen molar-refractivity contribution in [3.63, 3.8) is 0 Å². The van der Waals surface area contributed by atoms with Gasteiger partial charge in [0.05, 0.1) is 7.11 Å². The molecule has 0 spiro atoms. The lowest BCUT2D eigenvalue weighted by molar-refractivity contribution is 0.0972. The van der Waals surface area contributed by atoms with E-state index in [0.29, 0.717) is 12.4 Å². The van der Waals surface area contributed by atoms with Crippen LogP contribution in [0.4, 0.5) is 0 Å². The van der Waals surface area contributed by atoms with E-state index in [0.717, 1.165) is 33.8 Å². The summed E-state index contributed by atoms with van der Waals surface area (Å²) in [5.41, 5.74) is 9.42. The maximum Gasteiger partial charge on any atom is 0.284 e. The van der Waals surface area contributed by atoms with Crippen molar-refractivity contribution >= 4 is 5.91 Å². The van der Waals surface area contributed by atoms with Gasteiger partial charge in [-0.1, -0.05) is 18.2 Å². The average molecular weight is 351 g/mol. The van der Waals surface area contributed by atoms with Crippen LogP contribution in [0.3, 0.4) is 0 Å². The molecular weight excluding hydrogens is 330 g/mol. The molecule has 5 nitrogen and oxygen atoms in total. The minimum absolute atomic E-state index is 0.145. The van der Waals surface area contributed by atoms with Crippen LogP contribution in [0.5, 0.6) is 11.5 Å². The van der Waals surface area contributed by atoms with Crippen LogP contribution < -0.4 is 15.2 Å². The van der Waals surface area contributed by atoms with Crippen molar-refractivity contribution in [2.45, 2.75) is 20.5 Å². The molecule has 134 valence electrons. The van der Waals surface area contributed by atoms with Gasteiger partial charge in [0.1, 0.15) is 23.9 Å².